The standard InChI is InChI=1S/C23H32N2O6S/c1-28-22-11-10-18(14-23(22)29-2)30-15-19-13-20(24-31-19)21-9-6-12-25(21)32(26,27)16-17-7-4-3-5-8-17/h10-11,13-14,17,21H,3-9,12,15-16H2,1-2H3/t21-/m0/s1. The van der Waals surface area contributed by atoms with Crippen LogP contribution in [0.15, 0.2) is 28.8 Å². The lowest BCUT2D eigenvalue weighted by atomic mass is 9.91. The summed E-state index contributed by atoms with van der Waals surface area (Å²) < 4.78 is 49.7. The fourth-order valence-electron chi connectivity index (χ4n) is 4.73. The minimum absolute atomic E-state index is 0.185. The summed E-state index contributed by atoms with van der Waals surface area (Å²) in [4.78, 5) is 0. The molecule has 1 saturated carbocycles. The van der Waals surface area contributed by atoms with E-state index < -0.39 is 10.0 Å². The van der Waals surface area contributed by atoms with Gasteiger partial charge >= 0.3 is 0 Å². The molecule has 0 amide bonds. The highest BCUT2D eigenvalue weighted by molar-refractivity contribution is 7.89. The largest absolute Gasteiger partial charge is 0.493 e. The Morgan fingerprint density at radius 1 is 1.03 bits per heavy atom. The highest BCUT2D eigenvalue weighted by atomic mass is 32.2. The van der Waals surface area contributed by atoms with Gasteiger partial charge in [0.25, 0.3) is 0 Å². The lowest BCUT2D eigenvalue weighted by Gasteiger charge is -2.27. The smallest absolute Gasteiger partial charge is 0.214 e. The van der Waals surface area contributed by atoms with E-state index in [-0.39, 0.29) is 24.3 Å². The van der Waals surface area contributed by atoms with E-state index in [1.807, 2.05) is 0 Å². The van der Waals surface area contributed by atoms with Crippen LogP contribution in [0.1, 0.15) is 62.4 Å². The Kier molecular flexibility index (Phi) is 7.25. The van der Waals surface area contributed by atoms with E-state index in [0.717, 1.165) is 38.5 Å². The summed E-state index contributed by atoms with van der Waals surface area (Å²) in [7, 11) is -0.174. The average Bonchev–Trinajstić information content (AvgIpc) is 3.47. The van der Waals surface area contributed by atoms with Crippen LogP contribution < -0.4 is 14.2 Å². The third-order valence-electron chi connectivity index (χ3n) is 6.39. The second-order valence-electron chi connectivity index (χ2n) is 8.57. The van der Waals surface area contributed by atoms with Gasteiger partial charge < -0.3 is 18.7 Å². The van der Waals surface area contributed by atoms with Crippen LogP contribution in [0.25, 0.3) is 0 Å². The summed E-state index contributed by atoms with van der Waals surface area (Å²) >= 11 is 0. The third-order valence-corrected chi connectivity index (χ3v) is 8.43. The van der Waals surface area contributed by atoms with E-state index in [0.29, 0.717) is 35.2 Å². The van der Waals surface area contributed by atoms with Gasteiger partial charge in [0.1, 0.15) is 18.1 Å². The van der Waals surface area contributed by atoms with Gasteiger partial charge in [0, 0.05) is 18.7 Å². The van der Waals surface area contributed by atoms with E-state index in [1.165, 1.54) is 6.42 Å². The van der Waals surface area contributed by atoms with Crippen molar-refractivity contribution in [2.24, 2.45) is 5.92 Å². The van der Waals surface area contributed by atoms with Crippen LogP contribution in [0.2, 0.25) is 0 Å². The Morgan fingerprint density at radius 3 is 2.56 bits per heavy atom. The Hall–Kier alpha value is -2.26. The summed E-state index contributed by atoms with van der Waals surface area (Å²) in [6.45, 7) is 0.730. The third kappa shape index (κ3) is 5.20. The highest BCUT2D eigenvalue weighted by Gasteiger charge is 2.38. The van der Waals surface area contributed by atoms with E-state index in [4.69, 9.17) is 18.7 Å². The number of hydrogen-bond acceptors (Lipinski definition) is 7. The molecule has 2 aromatic rings. The van der Waals surface area contributed by atoms with E-state index in [9.17, 15) is 8.42 Å². The van der Waals surface area contributed by atoms with E-state index in [1.54, 1.807) is 42.8 Å². The lowest BCUT2D eigenvalue weighted by molar-refractivity contribution is 0.245. The second-order valence-corrected chi connectivity index (χ2v) is 10.5. The van der Waals surface area contributed by atoms with Crippen molar-refractivity contribution < 1.29 is 27.2 Å². The molecule has 9 heteroatoms. The quantitative estimate of drug-likeness (QED) is 0.546. The second kappa shape index (κ2) is 10.1. The molecule has 0 bridgehead atoms. The number of sulfonamides is 1. The highest BCUT2D eigenvalue weighted by Crippen LogP contribution is 2.36. The molecular weight excluding hydrogens is 432 g/mol. The molecule has 2 aliphatic rings. The molecule has 1 atom stereocenters. The van der Waals surface area contributed by atoms with Crippen molar-refractivity contribution in [3.63, 3.8) is 0 Å². The van der Waals surface area contributed by atoms with Crippen molar-refractivity contribution in [3.05, 3.63) is 35.7 Å². The van der Waals surface area contributed by atoms with Crippen molar-refractivity contribution in [1.82, 2.24) is 9.46 Å². The fourth-order valence-corrected chi connectivity index (χ4v) is 6.86. The summed E-state index contributed by atoms with van der Waals surface area (Å²) in [6.07, 6.45) is 7.10. The molecule has 8 nitrogen and oxygen atoms in total. The van der Waals surface area contributed by atoms with Crippen LogP contribution in [0.3, 0.4) is 0 Å². The Morgan fingerprint density at radius 2 is 1.81 bits per heavy atom. The molecular formula is C23H32N2O6S. The van der Waals surface area contributed by atoms with Gasteiger partial charge in [-0.25, -0.2) is 8.42 Å². The van der Waals surface area contributed by atoms with Crippen molar-refractivity contribution >= 4 is 10.0 Å². The molecule has 1 aromatic heterocycles. The molecule has 0 unspecified atom stereocenters. The zero-order valence-corrected chi connectivity index (χ0v) is 19.6. The van der Waals surface area contributed by atoms with Crippen molar-refractivity contribution in [1.29, 1.82) is 0 Å². The molecule has 2 heterocycles. The predicted octanol–water partition coefficient (Wildman–Crippen LogP) is 4.32. The van der Waals surface area contributed by atoms with Gasteiger partial charge in [-0.05, 0) is 43.7 Å². The zero-order chi connectivity index (χ0) is 22.6. The minimum atomic E-state index is -3.32. The van der Waals surface area contributed by atoms with Crippen LogP contribution in [-0.2, 0) is 16.6 Å². The number of hydrogen-bond donors (Lipinski definition) is 0. The number of nitrogens with zero attached hydrogens (tertiary/aromatic N) is 2. The molecule has 1 aliphatic heterocycles. The molecule has 0 spiro atoms. The summed E-state index contributed by atoms with van der Waals surface area (Å²) in [6, 6.07) is 6.84. The van der Waals surface area contributed by atoms with Gasteiger partial charge in [-0.15, -0.1) is 0 Å². The first kappa shape index (κ1) is 22.9. The first-order chi connectivity index (χ1) is 15.5. The van der Waals surface area contributed by atoms with Gasteiger partial charge in [-0.3, -0.25) is 0 Å². The number of methoxy groups -OCH3 is 2. The molecule has 0 N–H and O–H groups in total. The van der Waals surface area contributed by atoms with Crippen molar-refractivity contribution in [2.45, 2.75) is 57.6 Å². The van der Waals surface area contributed by atoms with Gasteiger partial charge in [0.15, 0.2) is 17.3 Å². The fraction of sp³-hybridized carbons (Fsp3) is 0.609. The monoisotopic (exact) mass is 464 g/mol. The molecule has 32 heavy (non-hydrogen) atoms. The van der Waals surface area contributed by atoms with Crippen LogP contribution in [0.5, 0.6) is 17.2 Å². The SMILES string of the molecule is COc1ccc(OCc2cc([C@@H]3CCCN3S(=O)(=O)CC3CCCCC3)no2)cc1OC. The summed E-state index contributed by atoms with van der Waals surface area (Å²) in [5, 5.41) is 4.18. The maximum atomic E-state index is 13.1. The van der Waals surface area contributed by atoms with Crippen LogP contribution in [0.4, 0.5) is 0 Å². The van der Waals surface area contributed by atoms with E-state index in [2.05, 4.69) is 5.16 Å². The first-order valence-corrected chi connectivity index (χ1v) is 12.9. The first-order valence-electron chi connectivity index (χ1n) is 11.3. The lowest BCUT2D eigenvalue weighted by Crippen LogP contribution is -2.35. The zero-order valence-electron chi connectivity index (χ0n) is 18.8. The Bertz CT molecular complexity index is 1000. The van der Waals surface area contributed by atoms with E-state index >= 15 is 0 Å². The Balaban J connectivity index is 1.40. The number of aromatic nitrogens is 1. The van der Waals surface area contributed by atoms with Crippen molar-refractivity contribution in [3.8, 4) is 17.2 Å². The van der Waals surface area contributed by atoms with Crippen LogP contribution in [0, 0.1) is 5.92 Å². The molecule has 0 radical (unpaired) electrons. The Labute approximate surface area is 189 Å². The maximum absolute atomic E-state index is 13.1. The van der Waals surface area contributed by atoms with Crippen LogP contribution >= 0.6 is 0 Å². The number of benzene rings is 1. The molecule has 1 aliphatic carbocycles. The number of ether oxygens (including phenoxy) is 3. The average molecular weight is 465 g/mol. The predicted molar refractivity (Wildman–Crippen MR) is 119 cm³/mol. The minimum Gasteiger partial charge on any atom is -0.493 e. The molecule has 2 fully saturated rings. The summed E-state index contributed by atoms with van der Waals surface area (Å²) in [5.74, 6) is 2.88. The van der Waals surface area contributed by atoms with Crippen LogP contribution in [-0.4, -0.2) is 44.4 Å². The topological polar surface area (TPSA) is 91.1 Å². The molecule has 1 saturated heterocycles. The number of rotatable bonds is 9. The van der Waals surface area contributed by atoms with Gasteiger partial charge in [0.05, 0.1) is 26.0 Å². The molecule has 1 aromatic carbocycles. The molecule has 4 rings (SSSR count). The van der Waals surface area contributed by atoms with Gasteiger partial charge in [-0.2, -0.15) is 4.31 Å². The van der Waals surface area contributed by atoms with Crippen molar-refractivity contribution in [2.75, 3.05) is 26.5 Å². The van der Waals surface area contributed by atoms with Gasteiger partial charge in [-0.1, -0.05) is 24.4 Å². The molecule has 176 valence electrons. The summed E-state index contributed by atoms with van der Waals surface area (Å²) in [5.41, 5.74) is 0.653. The van der Waals surface area contributed by atoms with Gasteiger partial charge in [0.2, 0.25) is 10.0 Å². The maximum Gasteiger partial charge on any atom is 0.214 e. The normalized spacial score (nSPS) is 20.4.